The first-order valence-electron chi connectivity index (χ1n) is 46.1. The van der Waals surface area contributed by atoms with Gasteiger partial charge in [-0.05, 0) is 254 Å². The van der Waals surface area contributed by atoms with Crippen molar-refractivity contribution in [1.82, 2.24) is 0 Å². The highest BCUT2D eigenvalue weighted by Crippen LogP contribution is 2.54. The molecule has 0 saturated heterocycles. The van der Waals surface area contributed by atoms with E-state index in [1.165, 1.54) is 127 Å². The molecule has 0 unspecified atom stereocenters. The topological polar surface area (TPSA) is 13.0 Å². The van der Waals surface area contributed by atoms with E-state index in [1.54, 1.807) is 0 Å². The van der Waals surface area contributed by atoms with Gasteiger partial charge in [-0.15, -0.1) is 34.0 Å². The number of anilines is 12. The fraction of sp³-hybridized carbons (Fsp3) is 0.0236. The molecule has 662 valence electrons. The fourth-order valence-electron chi connectivity index (χ4n) is 19.2. The zero-order valence-corrected chi connectivity index (χ0v) is 80.8. The summed E-state index contributed by atoms with van der Waals surface area (Å²) in [4.78, 5) is 9.22. The van der Waals surface area contributed by atoms with Gasteiger partial charge < -0.3 is 19.6 Å². The lowest BCUT2D eigenvalue weighted by molar-refractivity contribution is 0.660. The molecule has 21 aromatic carbocycles. The molecule has 11 heteroatoms. The Morgan fingerprint density at radius 1 is 0.188 bits per heavy atom. The van der Waals surface area contributed by atoms with E-state index in [0.29, 0.717) is 0 Å². The Kier molecular flexibility index (Phi) is 24.9. The number of hydrogen-bond donors (Lipinski definition) is 0. The van der Waals surface area contributed by atoms with E-state index in [-0.39, 0.29) is 5.41 Å². The van der Waals surface area contributed by atoms with Crippen molar-refractivity contribution in [3.63, 3.8) is 0 Å². The van der Waals surface area contributed by atoms with Gasteiger partial charge in [0.25, 0.3) is 0 Å². The lowest BCUT2D eigenvalue weighted by Crippen LogP contribution is -2.15. The predicted octanol–water partition coefficient (Wildman–Crippen LogP) is 40.5. The second-order valence-electron chi connectivity index (χ2n) is 34.7. The summed E-state index contributed by atoms with van der Waals surface area (Å²) >= 11 is 31.4. The van der Waals surface area contributed by atoms with Crippen molar-refractivity contribution in [3.8, 4) is 55.6 Å². The first-order valence-corrected chi connectivity index (χ1v) is 50.0. The largest absolute Gasteiger partial charge is 0.310 e. The van der Waals surface area contributed by atoms with Crippen molar-refractivity contribution in [3.05, 3.63) is 529 Å². The molecule has 1 aliphatic carbocycles. The summed E-state index contributed by atoms with van der Waals surface area (Å²) in [5.41, 5.74) is 28.0. The maximum absolute atomic E-state index is 6.74. The molecule has 1 aliphatic rings. The van der Waals surface area contributed by atoms with Crippen LogP contribution in [-0.4, -0.2) is 0 Å². The number of halogens is 4. The predicted molar refractivity (Wildman–Crippen MR) is 600 cm³/mol. The number of hydrogen-bond acceptors (Lipinski definition) is 7. The third-order valence-electron chi connectivity index (χ3n) is 25.9. The van der Waals surface area contributed by atoms with Crippen molar-refractivity contribution in [2.45, 2.75) is 19.3 Å². The number of thiophene rings is 3. The van der Waals surface area contributed by atoms with Crippen LogP contribution in [0.3, 0.4) is 0 Å². The highest BCUT2D eigenvalue weighted by Gasteiger charge is 2.36. The smallest absolute Gasteiger partial charge is 0.0648 e. The maximum atomic E-state index is 6.74. The maximum Gasteiger partial charge on any atom is 0.0648 e. The van der Waals surface area contributed by atoms with Gasteiger partial charge >= 0.3 is 0 Å². The number of fused-ring (bicyclic) bond motifs is 13. The van der Waals surface area contributed by atoms with Gasteiger partial charge in [0.1, 0.15) is 0 Å². The number of rotatable bonds is 16. The highest BCUT2D eigenvalue weighted by atomic mass is 35.5. The van der Waals surface area contributed by atoms with Crippen LogP contribution >= 0.6 is 80.4 Å². The van der Waals surface area contributed by atoms with E-state index in [1.807, 2.05) is 119 Å². The van der Waals surface area contributed by atoms with Gasteiger partial charge in [0, 0.05) is 123 Å². The van der Waals surface area contributed by atoms with Gasteiger partial charge in [-0.25, -0.2) is 0 Å². The minimum atomic E-state index is -0.0140. The zero-order valence-electron chi connectivity index (χ0n) is 75.4. The summed E-state index contributed by atoms with van der Waals surface area (Å²) in [5.74, 6) is 0. The van der Waals surface area contributed by atoms with E-state index in [4.69, 9.17) is 46.4 Å². The minimum Gasteiger partial charge on any atom is -0.310 e. The van der Waals surface area contributed by atoms with Crippen LogP contribution in [-0.2, 0) is 5.41 Å². The molecule has 0 saturated carbocycles. The molecule has 0 bridgehead atoms. The Bertz CT molecular complexity index is 8560. The number of para-hydroxylation sites is 3. The molecule has 25 rings (SSSR count). The second-order valence-corrected chi connectivity index (χ2v) is 39.6. The summed E-state index contributed by atoms with van der Waals surface area (Å²) in [6.45, 7) is 4.64. The van der Waals surface area contributed by atoms with Crippen molar-refractivity contribution in [2.24, 2.45) is 0 Å². The first-order chi connectivity index (χ1) is 67.8. The summed E-state index contributed by atoms with van der Waals surface area (Å²) in [6.07, 6.45) is 0. The number of nitrogens with zero attached hydrogens (tertiary/aromatic N) is 4. The summed E-state index contributed by atoms with van der Waals surface area (Å²) in [7, 11) is 0. The molecule has 0 amide bonds. The third-order valence-corrected chi connectivity index (χ3v) is 30.5. The molecular weight excluding hydrogens is 1820 g/mol. The summed E-state index contributed by atoms with van der Waals surface area (Å²) in [5, 5.41) is 13.1. The Labute approximate surface area is 835 Å². The molecule has 0 fully saturated rings. The van der Waals surface area contributed by atoms with Crippen molar-refractivity contribution in [2.75, 3.05) is 19.6 Å². The van der Waals surface area contributed by atoms with E-state index in [9.17, 15) is 0 Å². The van der Waals surface area contributed by atoms with Crippen LogP contribution in [0.5, 0.6) is 0 Å². The third kappa shape index (κ3) is 17.8. The molecule has 0 spiro atoms. The molecule has 3 heterocycles. The van der Waals surface area contributed by atoms with E-state index in [0.717, 1.165) is 99.5 Å². The quantitative estimate of drug-likeness (QED) is 0.0956. The fourth-order valence-corrected chi connectivity index (χ4v) is 23.5. The molecule has 3 aromatic heterocycles. The van der Waals surface area contributed by atoms with Gasteiger partial charge in [-0.2, -0.15) is 0 Å². The SMILES string of the molecule is CC1(C)c2ccccc2-c2cc(N(c3cccc(Cl)c3)c3ccc4sc5ccccc5c4c3)ccc21.Clc1ccc(-c2ccccc2N(c2ccccc2)c2ccc(-c3ccccc3)cc2)cc1.Clc1cccc(N(c2ccc(-c3ccc4ccccc4c3)cc2)c2cccc3c2sc2ccccc23)c1.Clc1ccccc1N(c1ccc(-c2ccccc2)cc1)c1cccc2c1sc1ccccc12. The molecule has 138 heavy (non-hydrogen) atoms. The normalized spacial score (nSPS) is 11.8. The Balaban J connectivity index is 0.000000106. The van der Waals surface area contributed by atoms with Crippen molar-refractivity contribution >= 4 is 220 Å². The summed E-state index contributed by atoms with van der Waals surface area (Å²) < 4.78 is 7.72. The van der Waals surface area contributed by atoms with Gasteiger partial charge in [-0.1, -0.05) is 376 Å². The molecule has 0 radical (unpaired) electrons. The average Bonchev–Trinajstić information content (AvgIpc) is 1.57. The second kappa shape index (κ2) is 38.9. The van der Waals surface area contributed by atoms with E-state index >= 15 is 0 Å². The highest BCUT2D eigenvalue weighted by molar-refractivity contribution is 7.27. The molecule has 24 aromatic rings. The zero-order chi connectivity index (χ0) is 93.2. The molecular formula is C127H88Cl4N4S3. The Hall–Kier alpha value is -15.1. The lowest BCUT2D eigenvalue weighted by Gasteiger charge is -2.28. The van der Waals surface area contributed by atoms with Crippen LogP contribution in [0.25, 0.3) is 127 Å². The van der Waals surface area contributed by atoms with Gasteiger partial charge in [0.05, 0.1) is 37.2 Å². The molecule has 0 aliphatic heterocycles. The number of benzene rings is 21. The van der Waals surface area contributed by atoms with Crippen LogP contribution in [0.4, 0.5) is 68.2 Å². The molecule has 0 N–H and O–H groups in total. The Morgan fingerprint density at radius 2 is 0.558 bits per heavy atom. The standard InChI is InChI=1S/C34H22ClNS.C33H24ClNS.C30H20ClNS.C30H22ClN/c35-27-9-5-10-29(22-27)36(32-13-6-12-31-30-11-3-4-14-33(30)37-34(31)32)28-19-17-24(18-20-28)26-16-15-23-7-1-2-8-25(23)21-26;1-33(2)29-12-5-3-10-25(29)27-19-23(14-16-30(27)33)35(22-9-7-8-21(34)18-22)24-15-17-32-28(20-24)26-11-4-6-13-31(26)36-32;31-26-13-5-6-14-27(26)32(23-19-17-22(18-20-23)21-9-2-1-3-10-21)28-15-8-12-25-24-11-4-7-16-29(24)33-30(25)28;31-26-19-15-25(16-20-26)29-13-7-8-14-30(29)32(27-11-5-2-6-12-27)28-21-17-24(18-22-28)23-9-3-1-4-10-23/h1-22H;3-20H,1-2H3;1-20H;1-22H. The van der Waals surface area contributed by atoms with Gasteiger partial charge in [0.15, 0.2) is 0 Å². The average molecular weight is 1910 g/mol. The van der Waals surface area contributed by atoms with Crippen molar-refractivity contribution < 1.29 is 0 Å². The van der Waals surface area contributed by atoms with Gasteiger partial charge in [-0.3, -0.25) is 0 Å². The van der Waals surface area contributed by atoms with Gasteiger partial charge in [0.2, 0.25) is 0 Å². The minimum absolute atomic E-state index is 0.0140. The van der Waals surface area contributed by atoms with Crippen LogP contribution in [0.15, 0.2) is 497 Å². The van der Waals surface area contributed by atoms with Crippen LogP contribution in [0.2, 0.25) is 20.1 Å². The molecule has 0 atom stereocenters. The Morgan fingerprint density at radius 3 is 1.14 bits per heavy atom. The summed E-state index contributed by atoms with van der Waals surface area (Å²) in [6, 6.07) is 175. The molecule has 4 nitrogen and oxygen atoms in total. The monoisotopic (exact) mass is 1900 g/mol. The van der Waals surface area contributed by atoms with E-state index in [2.05, 4.69) is 446 Å². The van der Waals surface area contributed by atoms with Crippen LogP contribution < -0.4 is 19.6 Å². The van der Waals surface area contributed by atoms with Crippen LogP contribution in [0, 0.1) is 0 Å². The lowest BCUT2D eigenvalue weighted by atomic mass is 9.82. The van der Waals surface area contributed by atoms with Crippen LogP contribution in [0.1, 0.15) is 25.0 Å². The van der Waals surface area contributed by atoms with E-state index < -0.39 is 0 Å². The van der Waals surface area contributed by atoms with Crippen molar-refractivity contribution in [1.29, 1.82) is 0 Å². The first kappa shape index (κ1) is 88.2.